The van der Waals surface area contributed by atoms with Crippen molar-refractivity contribution in [2.75, 3.05) is 6.61 Å². The number of aryl methyl sites for hydroxylation is 1. The molecule has 0 radical (unpaired) electrons. The first-order valence-corrected chi connectivity index (χ1v) is 7.05. The maximum atomic E-state index is 5.94. The van der Waals surface area contributed by atoms with Gasteiger partial charge in [0, 0.05) is 19.2 Å². The van der Waals surface area contributed by atoms with Crippen LogP contribution in [0.5, 0.6) is 0 Å². The average Bonchev–Trinajstić information content (AvgIpc) is 2.82. The highest BCUT2D eigenvalue weighted by Gasteiger charge is 2.42. The molecule has 100 valence electrons. The van der Waals surface area contributed by atoms with Crippen LogP contribution in [0.15, 0.2) is 6.33 Å². The van der Waals surface area contributed by atoms with Crippen LogP contribution in [0.25, 0.3) is 0 Å². The molecule has 1 N–H and O–H groups in total. The van der Waals surface area contributed by atoms with Crippen molar-refractivity contribution >= 4 is 0 Å². The number of ether oxygens (including phenoxy) is 1. The van der Waals surface area contributed by atoms with Gasteiger partial charge in [0.2, 0.25) is 0 Å². The van der Waals surface area contributed by atoms with Crippen molar-refractivity contribution in [2.45, 2.75) is 63.8 Å². The SMILES string of the molecule is CCn1cnnc1CNC1CCOC2(CCC2)C1. The van der Waals surface area contributed by atoms with Gasteiger partial charge < -0.3 is 14.6 Å². The summed E-state index contributed by atoms with van der Waals surface area (Å²) in [7, 11) is 0. The first-order chi connectivity index (χ1) is 8.81. The quantitative estimate of drug-likeness (QED) is 0.879. The number of nitrogens with zero attached hydrogens (tertiary/aromatic N) is 3. The normalized spacial score (nSPS) is 26.2. The Hall–Kier alpha value is -0.940. The van der Waals surface area contributed by atoms with Crippen molar-refractivity contribution < 1.29 is 4.74 Å². The Morgan fingerprint density at radius 2 is 2.44 bits per heavy atom. The lowest BCUT2D eigenvalue weighted by atomic mass is 9.74. The van der Waals surface area contributed by atoms with Gasteiger partial charge in [-0.25, -0.2) is 0 Å². The molecule has 0 aromatic carbocycles. The van der Waals surface area contributed by atoms with E-state index >= 15 is 0 Å². The predicted molar refractivity (Wildman–Crippen MR) is 68.1 cm³/mol. The number of rotatable bonds is 4. The summed E-state index contributed by atoms with van der Waals surface area (Å²) in [5, 5.41) is 11.7. The van der Waals surface area contributed by atoms with Crippen LogP contribution in [-0.2, 0) is 17.8 Å². The number of hydrogen-bond acceptors (Lipinski definition) is 4. The van der Waals surface area contributed by atoms with Gasteiger partial charge in [-0.1, -0.05) is 0 Å². The zero-order valence-corrected chi connectivity index (χ0v) is 11.1. The van der Waals surface area contributed by atoms with E-state index in [-0.39, 0.29) is 5.60 Å². The van der Waals surface area contributed by atoms with E-state index < -0.39 is 0 Å². The summed E-state index contributed by atoms with van der Waals surface area (Å²) >= 11 is 0. The minimum Gasteiger partial charge on any atom is -0.375 e. The molecule has 18 heavy (non-hydrogen) atoms. The van der Waals surface area contributed by atoms with Crippen molar-refractivity contribution in [3.63, 3.8) is 0 Å². The molecular formula is C13H22N4O. The van der Waals surface area contributed by atoms with Crippen molar-refractivity contribution in [1.82, 2.24) is 20.1 Å². The van der Waals surface area contributed by atoms with E-state index in [0.29, 0.717) is 6.04 Å². The van der Waals surface area contributed by atoms with Crippen molar-refractivity contribution in [3.05, 3.63) is 12.2 Å². The van der Waals surface area contributed by atoms with E-state index in [2.05, 4.69) is 27.0 Å². The highest BCUT2D eigenvalue weighted by molar-refractivity contribution is 4.96. The molecule has 1 aromatic rings. The third-order valence-corrected chi connectivity index (χ3v) is 4.34. The second-order valence-electron chi connectivity index (χ2n) is 5.49. The highest BCUT2D eigenvalue weighted by atomic mass is 16.5. The fraction of sp³-hybridized carbons (Fsp3) is 0.846. The molecule has 1 saturated heterocycles. The summed E-state index contributed by atoms with van der Waals surface area (Å²) in [6.07, 6.45) is 7.90. The molecule has 1 aromatic heterocycles. The van der Waals surface area contributed by atoms with Crippen LogP contribution in [0.3, 0.4) is 0 Å². The molecular weight excluding hydrogens is 228 g/mol. The lowest BCUT2D eigenvalue weighted by Crippen LogP contribution is -2.50. The molecule has 5 nitrogen and oxygen atoms in total. The van der Waals surface area contributed by atoms with E-state index in [4.69, 9.17) is 4.74 Å². The minimum absolute atomic E-state index is 0.217. The minimum atomic E-state index is 0.217. The molecule has 1 atom stereocenters. The van der Waals surface area contributed by atoms with Gasteiger partial charge in [-0.05, 0) is 39.0 Å². The Morgan fingerprint density at radius 1 is 1.56 bits per heavy atom. The van der Waals surface area contributed by atoms with Crippen molar-refractivity contribution in [2.24, 2.45) is 0 Å². The van der Waals surface area contributed by atoms with Gasteiger partial charge in [-0.15, -0.1) is 10.2 Å². The molecule has 0 bridgehead atoms. The molecule has 2 fully saturated rings. The number of aromatic nitrogens is 3. The Labute approximate surface area is 108 Å². The monoisotopic (exact) mass is 250 g/mol. The van der Waals surface area contributed by atoms with E-state index in [0.717, 1.165) is 38.4 Å². The lowest BCUT2D eigenvalue weighted by molar-refractivity contribution is -0.135. The van der Waals surface area contributed by atoms with E-state index in [1.807, 2.05) is 0 Å². The van der Waals surface area contributed by atoms with Gasteiger partial charge >= 0.3 is 0 Å². The summed E-state index contributed by atoms with van der Waals surface area (Å²) in [6, 6.07) is 0.570. The molecule has 1 unspecified atom stereocenters. The topological polar surface area (TPSA) is 52.0 Å². The lowest BCUT2D eigenvalue weighted by Gasteiger charge is -2.47. The van der Waals surface area contributed by atoms with Gasteiger partial charge in [-0.2, -0.15) is 0 Å². The van der Waals surface area contributed by atoms with Crippen LogP contribution in [0.1, 0.15) is 44.9 Å². The standard InChI is InChI=1S/C13H22N4O/c1-2-17-10-15-16-12(17)9-14-11-4-7-18-13(8-11)5-3-6-13/h10-11,14H,2-9H2,1H3. The zero-order chi connectivity index (χ0) is 12.4. The molecule has 1 spiro atoms. The first-order valence-electron chi connectivity index (χ1n) is 7.05. The second-order valence-corrected chi connectivity index (χ2v) is 5.49. The predicted octanol–water partition coefficient (Wildman–Crippen LogP) is 1.49. The molecule has 0 amide bonds. The molecule has 3 rings (SSSR count). The summed E-state index contributed by atoms with van der Waals surface area (Å²) in [5.41, 5.74) is 0.217. The third-order valence-electron chi connectivity index (χ3n) is 4.34. The summed E-state index contributed by atoms with van der Waals surface area (Å²) in [5.74, 6) is 1.03. The highest BCUT2D eigenvalue weighted by Crippen LogP contribution is 2.42. The molecule has 1 saturated carbocycles. The summed E-state index contributed by atoms with van der Waals surface area (Å²) in [6.45, 7) is 4.76. The maximum absolute atomic E-state index is 5.94. The molecule has 1 aliphatic heterocycles. The molecule has 5 heteroatoms. The van der Waals surface area contributed by atoms with Crippen molar-refractivity contribution in [1.29, 1.82) is 0 Å². The average molecular weight is 250 g/mol. The molecule has 1 aliphatic carbocycles. The van der Waals surface area contributed by atoms with Crippen LogP contribution in [0.2, 0.25) is 0 Å². The Balaban J connectivity index is 1.53. The van der Waals surface area contributed by atoms with Gasteiger partial charge in [0.1, 0.15) is 12.2 Å². The number of hydrogen-bond donors (Lipinski definition) is 1. The smallest absolute Gasteiger partial charge is 0.146 e. The van der Waals surface area contributed by atoms with Crippen LogP contribution in [0.4, 0.5) is 0 Å². The summed E-state index contributed by atoms with van der Waals surface area (Å²) in [4.78, 5) is 0. The van der Waals surface area contributed by atoms with E-state index in [1.165, 1.54) is 19.3 Å². The van der Waals surface area contributed by atoms with E-state index in [9.17, 15) is 0 Å². The van der Waals surface area contributed by atoms with E-state index in [1.54, 1.807) is 6.33 Å². The van der Waals surface area contributed by atoms with Crippen molar-refractivity contribution in [3.8, 4) is 0 Å². The van der Waals surface area contributed by atoms with Crippen LogP contribution in [-0.4, -0.2) is 33.0 Å². The van der Waals surface area contributed by atoms with Gasteiger partial charge in [0.05, 0.1) is 12.1 Å². The third kappa shape index (κ3) is 2.29. The van der Waals surface area contributed by atoms with Crippen LogP contribution >= 0.6 is 0 Å². The van der Waals surface area contributed by atoms with Gasteiger partial charge in [-0.3, -0.25) is 0 Å². The van der Waals surface area contributed by atoms with Gasteiger partial charge in [0.15, 0.2) is 0 Å². The zero-order valence-electron chi connectivity index (χ0n) is 11.1. The Kier molecular flexibility index (Phi) is 3.35. The van der Waals surface area contributed by atoms with Gasteiger partial charge in [0.25, 0.3) is 0 Å². The molecule has 2 aliphatic rings. The molecule has 2 heterocycles. The largest absolute Gasteiger partial charge is 0.375 e. The Bertz CT molecular complexity index is 399. The second kappa shape index (κ2) is 4.97. The Morgan fingerprint density at radius 3 is 3.17 bits per heavy atom. The fourth-order valence-electron chi connectivity index (χ4n) is 3.04. The first kappa shape index (κ1) is 12.1. The van der Waals surface area contributed by atoms with Crippen LogP contribution in [0, 0.1) is 0 Å². The maximum Gasteiger partial charge on any atom is 0.146 e. The summed E-state index contributed by atoms with van der Waals surface area (Å²) < 4.78 is 8.03. The fourth-order valence-corrected chi connectivity index (χ4v) is 3.04. The number of nitrogens with one attached hydrogen (secondary N) is 1. The van der Waals surface area contributed by atoms with Crippen LogP contribution < -0.4 is 5.32 Å².